The Morgan fingerprint density at radius 1 is 0.379 bits per heavy atom. The van der Waals surface area contributed by atoms with E-state index in [-0.39, 0.29) is 5.69 Å². The van der Waals surface area contributed by atoms with Crippen LogP contribution in [0.15, 0.2) is 229 Å². The van der Waals surface area contributed by atoms with Crippen molar-refractivity contribution in [2.75, 3.05) is 4.90 Å². The maximum atomic E-state index is 9.82. The first-order chi connectivity index (χ1) is 34.2. The molecular weight excluding hydrogens is 703 g/mol. The van der Waals surface area contributed by atoms with Gasteiger partial charge in [-0.25, -0.2) is 0 Å². The Morgan fingerprint density at radius 2 is 0.966 bits per heavy atom. The molecule has 11 aromatic rings. The van der Waals surface area contributed by atoms with Gasteiger partial charge in [-0.05, 0) is 97.5 Å². The van der Waals surface area contributed by atoms with Crippen molar-refractivity contribution < 1.29 is 22.2 Å². The second-order valence-electron chi connectivity index (χ2n) is 13.8. The van der Waals surface area contributed by atoms with Gasteiger partial charge in [0.05, 0.1) is 23.5 Å². The van der Waals surface area contributed by atoms with Gasteiger partial charge in [0.15, 0.2) is 0 Å². The SMILES string of the molecule is [2H]c1c([2H])c([2H])c(-c2c([2H])c([2H])c(-c3c([2H])c([2H])c(N(c4cccc(-c5cccc6ccccc56)c4)c4ccccc4-c4cccc5oc6c7ccccc7ccc6c45)c([2H])c3[2H])c([2H])c2[2H])c([2H])c1[2H]. The maximum Gasteiger partial charge on any atom is 0.143 e. The molecule has 0 aliphatic carbocycles. The number of rotatable bonds is 7. The summed E-state index contributed by atoms with van der Waals surface area (Å²) in [6.45, 7) is 0. The fourth-order valence-corrected chi connectivity index (χ4v) is 7.83. The summed E-state index contributed by atoms with van der Waals surface area (Å²) in [7, 11) is 0. The van der Waals surface area contributed by atoms with Gasteiger partial charge in [0.25, 0.3) is 0 Å². The molecule has 0 unspecified atom stereocenters. The molecule has 10 aromatic carbocycles. The van der Waals surface area contributed by atoms with Gasteiger partial charge in [0.1, 0.15) is 11.2 Å². The maximum absolute atomic E-state index is 9.82. The molecule has 2 heteroatoms. The van der Waals surface area contributed by atoms with Crippen molar-refractivity contribution >= 4 is 60.5 Å². The van der Waals surface area contributed by atoms with Crippen molar-refractivity contribution in [1.82, 2.24) is 0 Å². The summed E-state index contributed by atoms with van der Waals surface area (Å²) in [5, 5.41) is 5.69. The molecule has 0 amide bonds. The third kappa shape index (κ3) is 5.82. The van der Waals surface area contributed by atoms with Crippen LogP contribution in [0.4, 0.5) is 17.1 Å². The lowest BCUT2D eigenvalue weighted by molar-refractivity contribution is 0.673. The third-order valence-electron chi connectivity index (χ3n) is 10.5. The van der Waals surface area contributed by atoms with Crippen LogP contribution in [-0.4, -0.2) is 0 Å². The summed E-state index contributed by atoms with van der Waals surface area (Å²) in [6, 6.07) is 37.8. The Balaban J connectivity index is 1.17. The van der Waals surface area contributed by atoms with Gasteiger partial charge in [0, 0.05) is 33.1 Å². The molecule has 1 aromatic heterocycles. The van der Waals surface area contributed by atoms with Gasteiger partial charge in [-0.1, -0.05) is 182 Å². The minimum absolute atomic E-state index is 0.160. The van der Waals surface area contributed by atoms with Crippen molar-refractivity contribution in [2.45, 2.75) is 0 Å². The highest BCUT2D eigenvalue weighted by atomic mass is 16.3. The summed E-state index contributed by atoms with van der Waals surface area (Å²) in [6.07, 6.45) is 0. The van der Waals surface area contributed by atoms with Crippen LogP contribution >= 0.6 is 0 Å². The predicted molar refractivity (Wildman–Crippen MR) is 245 cm³/mol. The zero-order valence-electron chi connectivity index (χ0n) is 43.7. The molecule has 0 fully saturated rings. The second-order valence-corrected chi connectivity index (χ2v) is 13.8. The molecule has 0 bridgehead atoms. The third-order valence-corrected chi connectivity index (χ3v) is 10.5. The Hall–Kier alpha value is -7.68. The monoisotopic (exact) mass is 752 g/mol. The molecule has 58 heavy (non-hydrogen) atoms. The van der Waals surface area contributed by atoms with Gasteiger partial charge in [-0.15, -0.1) is 0 Å². The Bertz CT molecular complexity index is 3980. The minimum Gasteiger partial charge on any atom is -0.455 e. The van der Waals surface area contributed by atoms with Gasteiger partial charge < -0.3 is 9.32 Å². The Kier molecular flexibility index (Phi) is 5.54. The topological polar surface area (TPSA) is 16.4 Å². The Labute approximate surface area is 355 Å². The zero-order valence-corrected chi connectivity index (χ0v) is 30.7. The van der Waals surface area contributed by atoms with Gasteiger partial charge in [0.2, 0.25) is 0 Å². The Morgan fingerprint density at radius 3 is 1.76 bits per heavy atom. The first-order valence-corrected chi connectivity index (χ1v) is 18.8. The highest BCUT2D eigenvalue weighted by Crippen LogP contribution is 2.46. The molecule has 0 N–H and O–H groups in total. The zero-order chi connectivity index (χ0) is 49.7. The fraction of sp³-hybridized carbons (Fsp3) is 0. The normalized spacial score (nSPS) is 14.6. The van der Waals surface area contributed by atoms with Crippen LogP contribution in [0.25, 0.3) is 88.0 Å². The lowest BCUT2D eigenvalue weighted by Crippen LogP contribution is -2.11. The van der Waals surface area contributed by atoms with Crippen LogP contribution in [-0.2, 0) is 0 Å². The van der Waals surface area contributed by atoms with Crippen molar-refractivity contribution in [3.05, 3.63) is 224 Å². The van der Waals surface area contributed by atoms with E-state index < -0.39 is 101 Å². The number of hydrogen-bond acceptors (Lipinski definition) is 2. The van der Waals surface area contributed by atoms with Gasteiger partial charge in [-0.3, -0.25) is 0 Å². The number of fused-ring (bicyclic) bond motifs is 6. The number of benzene rings is 10. The molecule has 0 aliphatic rings. The summed E-state index contributed by atoms with van der Waals surface area (Å²) in [4.78, 5) is 1.68. The summed E-state index contributed by atoms with van der Waals surface area (Å²) in [5.74, 6) is 0. The van der Waals surface area contributed by atoms with E-state index in [4.69, 9.17) is 14.0 Å². The van der Waals surface area contributed by atoms with Crippen LogP contribution < -0.4 is 4.90 Å². The molecule has 0 radical (unpaired) electrons. The van der Waals surface area contributed by atoms with Crippen molar-refractivity contribution in [1.29, 1.82) is 0 Å². The van der Waals surface area contributed by atoms with Gasteiger partial charge >= 0.3 is 0 Å². The predicted octanol–water partition coefficient (Wildman–Crippen LogP) is 16.0. The molecule has 0 aliphatic heterocycles. The van der Waals surface area contributed by atoms with Crippen LogP contribution in [0.3, 0.4) is 0 Å². The lowest BCUT2D eigenvalue weighted by atomic mass is 9.95. The fourth-order valence-electron chi connectivity index (χ4n) is 7.83. The highest BCUT2D eigenvalue weighted by molar-refractivity contribution is 6.19. The quantitative estimate of drug-likeness (QED) is 0.161. The molecule has 11 rings (SSSR count). The standard InChI is InChI=1S/C56H37NO/c1-2-13-38(14-3-1)39-27-29-40(30-28-39)41-31-34-45(35-32-41)57(46-19-10-18-44(37-46)48-23-11-17-42-15-4-6-20-47(42)48)53-25-9-8-22-50(53)51-24-12-26-54-55(51)52-36-33-43-16-5-7-21-49(43)56(52)58-54/h1-37H/i1D,2D,3D,13D,14D,27D,28D,29D,30D,31D,32D,34D,35D. The molecule has 0 saturated carbocycles. The average Bonchev–Trinajstić information content (AvgIpc) is 3.79. The summed E-state index contributed by atoms with van der Waals surface area (Å²) in [5.41, 5.74) is 3.20. The van der Waals surface area contributed by atoms with Gasteiger partial charge in [-0.2, -0.15) is 0 Å². The number of anilines is 3. The summed E-state index contributed by atoms with van der Waals surface area (Å²) < 4.78 is 123. The average molecular weight is 753 g/mol. The molecule has 0 spiro atoms. The van der Waals surface area contributed by atoms with E-state index in [9.17, 15) is 8.22 Å². The van der Waals surface area contributed by atoms with Crippen LogP contribution in [0, 0.1) is 0 Å². The van der Waals surface area contributed by atoms with Crippen LogP contribution in [0.2, 0.25) is 0 Å². The van der Waals surface area contributed by atoms with Crippen molar-refractivity contribution in [3.63, 3.8) is 0 Å². The van der Waals surface area contributed by atoms with Crippen LogP contribution in [0.5, 0.6) is 0 Å². The number of hydrogen-bond donors (Lipinski definition) is 0. The van der Waals surface area contributed by atoms with Crippen molar-refractivity contribution in [3.8, 4) is 44.5 Å². The number of para-hydroxylation sites is 1. The second kappa shape index (κ2) is 14.1. The van der Waals surface area contributed by atoms with E-state index in [0.717, 1.165) is 49.0 Å². The van der Waals surface area contributed by atoms with E-state index >= 15 is 0 Å². The van der Waals surface area contributed by atoms with E-state index in [1.807, 2.05) is 146 Å². The first-order valence-electron chi connectivity index (χ1n) is 25.3. The minimum atomic E-state index is -0.782. The highest BCUT2D eigenvalue weighted by Gasteiger charge is 2.21. The van der Waals surface area contributed by atoms with E-state index in [0.29, 0.717) is 28.1 Å². The molecular formula is C56H37NO. The first kappa shape index (κ1) is 22.8. The number of nitrogens with zero attached hydrogens (tertiary/aromatic N) is 1. The van der Waals surface area contributed by atoms with E-state index in [1.54, 1.807) is 4.90 Å². The largest absolute Gasteiger partial charge is 0.455 e. The molecule has 1 heterocycles. The smallest absolute Gasteiger partial charge is 0.143 e. The molecule has 0 saturated heterocycles. The molecule has 2 nitrogen and oxygen atoms in total. The van der Waals surface area contributed by atoms with E-state index in [2.05, 4.69) is 0 Å². The molecule has 0 atom stereocenters. The molecule has 272 valence electrons. The summed E-state index contributed by atoms with van der Waals surface area (Å²) >= 11 is 0. The van der Waals surface area contributed by atoms with Crippen molar-refractivity contribution in [2.24, 2.45) is 0 Å². The van der Waals surface area contributed by atoms with Crippen LogP contribution in [0.1, 0.15) is 17.8 Å². The van der Waals surface area contributed by atoms with E-state index in [1.165, 1.54) is 0 Å². The number of furan rings is 1. The lowest BCUT2D eigenvalue weighted by Gasteiger charge is -2.28.